The van der Waals surface area contributed by atoms with E-state index in [1.807, 2.05) is 19.1 Å². The molecular weight excluding hydrogens is 258 g/mol. The molecule has 0 radical (unpaired) electrons. The molecule has 1 N–H and O–H groups in total. The minimum absolute atomic E-state index is 0.767. The third-order valence-corrected chi connectivity index (χ3v) is 3.50. The van der Waals surface area contributed by atoms with E-state index in [9.17, 15) is 0 Å². The lowest BCUT2D eigenvalue weighted by atomic mass is 10.0. The summed E-state index contributed by atoms with van der Waals surface area (Å²) in [5.74, 6) is 0.909. The molecule has 0 unspecified atom stereocenters. The molecule has 0 amide bonds. The van der Waals surface area contributed by atoms with Crippen LogP contribution in [-0.2, 0) is 6.42 Å². The summed E-state index contributed by atoms with van der Waals surface area (Å²) >= 11 is 6.20. The van der Waals surface area contributed by atoms with E-state index in [1.54, 1.807) is 6.33 Å². The van der Waals surface area contributed by atoms with Crippen molar-refractivity contribution in [2.45, 2.75) is 27.2 Å². The fourth-order valence-corrected chi connectivity index (χ4v) is 2.24. The second kappa shape index (κ2) is 6.02. The number of aromatic nitrogens is 2. The Morgan fingerprint density at radius 1 is 1.21 bits per heavy atom. The summed E-state index contributed by atoms with van der Waals surface area (Å²) in [6.07, 6.45) is 2.48. The van der Waals surface area contributed by atoms with Gasteiger partial charge in [0.05, 0.1) is 5.69 Å². The van der Waals surface area contributed by atoms with Crippen LogP contribution in [0.25, 0.3) is 11.3 Å². The molecule has 4 heteroatoms. The quantitative estimate of drug-likeness (QED) is 0.913. The maximum atomic E-state index is 6.20. The standard InChI is InChI=1S/C15H18ClN3/c1-4-12-14(18-9-19-15(12)17-5-2)11-7-6-10(3)13(16)8-11/h6-9H,4-5H2,1-3H3,(H,17,18,19). The van der Waals surface area contributed by atoms with E-state index in [4.69, 9.17) is 11.6 Å². The van der Waals surface area contributed by atoms with Gasteiger partial charge in [-0.1, -0.05) is 30.7 Å². The fraction of sp³-hybridized carbons (Fsp3) is 0.333. The highest BCUT2D eigenvalue weighted by Crippen LogP contribution is 2.29. The zero-order valence-electron chi connectivity index (χ0n) is 11.5. The van der Waals surface area contributed by atoms with Crippen molar-refractivity contribution >= 4 is 17.4 Å². The molecule has 1 heterocycles. The molecule has 0 saturated carbocycles. The Labute approximate surface area is 119 Å². The summed E-state index contributed by atoms with van der Waals surface area (Å²) in [4.78, 5) is 8.73. The molecule has 0 aliphatic carbocycles. The summed E-state index contributed by atoms with van der Waals surface area (Å²) in [6, 6.07) is 6.04. The zero-order chi connectivity index (χ0) is 13.8. The summed E-state index contributed by atoms with van der Waals surface area (Å²) in [5.41, 5.74) is 4.19. The molecule has 100 valence electrons. The van der Waals surface area contributed by atoms with Crippen molar-refractivity contribution in [2.24, 2.45) is 0 Å². The summed E-state index contributed by atoms with van der Waals surface area (Å²) < 4.78 is 0. The lowest BCUT2D eigenvalue weighted by molar-refractivity contribution is 1.03. The number of rotatable bonds is 4. The van der Waals surface area contributed by atoms with Crippen molar-refractivity contribution in [3.63, 3.8) is 0 Å². The van der Waals surface area contributed by atoms with E-state index >= 15 is 0 Å². The number of anilines is 1. The van der Waals surface area contributed by atoms with Gasteiger partial charge in [-0.2, -0.15) is 0 Å². The van der Waals surface area contributed by atoms with Crippen LogP contribution in [0.2, 0.25) is 5.02 Å². The molecule has 0 aliphatic rings. The molecule has 2 aromatic rings. The van der Waals surface area contributed by atoms with Gasteiger partial charge >= 0.3 is 0 Å². The van der Waals surface area contributed by atoms with Crippen LogP contribution in [0, 0.1) is 6.92 Å². The zero-order valence-corrected chi connectivity index (χ0v) is 12.3. The Kier molecular flexibility index (Phi) is 4.38. The lowest BCUT2D eigenvalue weighted by Gasteiger charge is -2.13. The second-order valence-electron chi connectivity index (χ2n) is 4.40. The Balaban J connectivity index is 2.54. The van der Waals surface area contributed by atoms with Crippen molar-refractivity contribution in [1.82, 2.24) is 9.97 Å². The highest BCUT2D eigenvalue weighted by Gasteiger charge is 2.11. The van der Waals surface area contributed by atoms with Crippen LogP contribution in [0.3, 0.4) is 0 Å². The third-order valence-electron chi connectivity index (χ3n) is 3.09. The van der Waals surface area contributed by atoms with Crippen LogP contribution in [0.4, 0.5) is 5.82 Å². The van der Waals surface area contributed by atoms with E-state index in [0.29, 0.717) is 0 Å². The number of aryl methyl sites for hydroxylation is 1. The highest BCUT2D eigenvalue weighted by molar-refractivity contribution is 6.31. The fourth-order valence-electron chi connectivity index (χ4n) is 2.06. The van der Waals surface area contributed by atoms with Gasteiger partial charge in [0.15, 0.2) is 0 Å². The Bertz CT molecular complexity index is 582. The molecule has 0 atom stereocenters. The maximum Gasteiger partial charge on any atom is 0.133 e. The van der Waals surface area contributed by atoms with Crippen LogP contribution in [0.1, 0.15) is 25.0 Å². The first-order chi connectivity index (χ1) is 9.17. The number of hydrogen-bond acceptors (Lipinski definition) is 3. The average Bonchev–Trinajstić information content (AvgIpc) is 2.42. The van der Waals surface area contributed by atoms with Crippen LogP contribution in [0.15, 0.2) is 24.5 Å². The van der Waals surface area contributed by atoms with Crippen molar-refractivity contribution in [3.8, 4) is 11.3 Å². The number of benzene rings is 1. The lowest BCUT2D eigenvalue weighted by Crippen LogP contribution is -2.05. The van der Waals surface area contributed by atoms with Crippen LogP contribution < -0.4 is 5.32 Å². The van der Waals surface area contributed by atoms with Gasteiger partial charge in [-0.3, -0.25) is 0 Å². The molecule has 0 fully saturated rings. The van der Waals surface area contributed by atoms with Crippen molar-refractivity contribution in [3.05, 3.63) is 40.7 Å². The SMILES string of the molecule is CCNc1ncnc(-c2ccc(C)c(Cl)c2)c1CC. The van der Waals surface area contributed by atoms with Crippen molar-refractivity contribution in [2.75, 3.05) is 11.9 Å². The molecule has 0 bridgehead atoms. The molecule has 2 rings (SSSR count). The first kappa shape index (κ1) is 13.8. The molecule has 0 spiro atoms. The minimum atomic E-state index is 0.767. The van der Waals surface area contributed by atoms with Gasteiger partial charge in [0, 0.05) is 22.7 Å². The van der Waals surface area contributed by atoms with Gasteiger partial charge < -0.3 is 5.32 Å². The predicted octanol–water partition coefficient (Wildman–Crippen LogP) is 4.10. The van der Waals surface area contributed by atoms with Crippen molar-refractivity contribution in [1.29, 1.82) is 0 Å². The summed E-state index contributed by atoms with van der Waals surface area (Å²) in [7, 11) is 0. The molecule has 0 saturated heterocycles. The maximum absolute atomic E-state index is 6.20. The van der Waals surface area contributed by atoms with Crippen LogP contribution >= 0.6 is 11.6 Å². The van der Waals surface area contributed by atoms with Gasteiger partial charge in [-0.25, -0.2) is 9.97 Å². The smallest absolute Gasteiger partial charge is 0.133 e. The molecular formula is C15H18ClN3. The van der Waals surface area contributed by atoms with Gasteiger partial charge in [-0.05, 0) is 31.9 Å². The molecule has 0 aliphatic heterocycles. The van der Waals surface area contributed by atoms with Gasteiger partial charge in [0.25, 0.3) is 0 Å². The summed E-state index contributed by atoms with van der Waals surface area (Å²) in [6.45, 7) is 7.01. The Morgan fingerprint density at radius 2 is 2.00 bits per heavy atom. The van der Waals surface area contributed by atoms with E-state index in [-0.39, 0.29) is 0 Å². The predicted molar refractivity (Wildman–Crippen MR) is 80.8 cm³/mol. The van der Waals surface area contributed by atoms with E-state index in [0.717, 1.165) is 46.2 Å². The first-order valence-electron chi connectivity index (χ1n) is 6.51. The molecule has 1 aromatic heterocycles. The molecule has 19 heavy (non-hydrogen) atoms. The monoisotopic (exact) mass is 275 g/mol. The van der Waals surface area contributed by atoms with Gasteiger partial charge in [0.1, 0.15) is 12.1 Å². The van der Waals surface area contributed by atoms with E-state index in [1.165, 1.54) is 0 Å². The molecule has 3 nitrogen and oxygen atoms in total. The Morgan fingerprint density at radius 3 is 2.63 bits per heavy atom. The average molecular weight is 276 g/mol. The second-order valence-corrected chi connectivity index (χ2v) is 4.80. The minimum Gasteiger partial charge on any atom is -0.370 e. The normalized spacial score (nSPS) is 10.5. The van der Waals surface area contributed by atoms with E-state index in [2.05, 4.69) is 35.2 Å². The number of nitrogens with zero attached hydrogens (tertiary/aromatic N) is 2. The van der Waals surface area contributed by atoms with E-state index < -0.39 is 0 Å². The highest BCUT2D eigenvalue weighted by atomic mass is 35.5. The molecule has 1 aromatic carbocycles. The van der Waals surface area contributed by atoms with Gasteiger partial charge in [0.2, 0.25) is 0 Å². The number of halogens is 1. The van der Waals surface area contributed by atoms with Gasteiger partial charge in [-0.15, -0.1) is 0 Å². The van der Waals surface area contributed by atoms with Crippen LogP contribution in [-0.4, -0.2) is 16.5 Å². The van der Waals surface area contributed by atoms with Crippen molar-refractivity contribution < 1.29 is 0 Å². The largest absolute Gasteiger partial charge is 0.370 e. The van der Waals surface area contributed by atoms with Crippen LogP contribution in [0.5, 0.6) is 0 Å². The number of hydrogen-bond donors (Lipinski definition) is 1. The topological polar surface area (TPSA) is 37.8 Å². The number of nitrogens with one attached hydrogen (secondary N) is 1. The Hall–Kier alpha value is -1.61. The summed E-state index contributed by atoms with van der Waals surface area (Å²) in [5, 5.41) is 4.05. The third kappa shape index (κ3) is 2.87. The first-order valence-corrected chi connectivity index (χ1v) is 6.89.